The van der Waals surface area contributed by atoms with Gasteiger partial charge in [-0.2, -0.15) is 5.10 Å². The minimum Gasteiger partial charge on any atom is -0.488 e. The first kappa shape index (κ1) is 19.6. The van der Waals surface area contributed by atoms with Crippen molar-refractivity contribution in [2.45, 2.75) is 32.1 Å². The number of carboxylic acid groups (broad SMARTS) is 1. The number of hydrogen-bond donors (Lipinski definition) is 2. The van der Waals surface area contributed by atoms with Gasteiger partial charge in [0.2, 0.25) is 5.91 Å². The number of carbonyl (C=O) groups is 2. The number of hydrogen-bond acceptors (Lipinski definition) is 8. The molecule has 28 heavy (non-hydrogen) atoms. The Morgan fingerprint density at radius 2 is 2.21 bits per heavy atom. The lowest BCUT2D eigenvalue weighted by Crippen LogP contribution is -2.26. The summed E-state index contributed by atoms with van der Waals surface area (Å²) in [5.41, 5.74) is 2.37. The number of nitrogens with zero attached hydrogens (tertiary/aromatic N) is 3. The van der Waals surface area contributed by atoms with Crippen LogP contribution in [0.3, 0.4) is 0 Å². The number of amidine groups is 1. The van der Waals surface area contributed by atoms with E-state index in [9.17, 15) is 9.59 Å². The first-order chi connectivity index (χ1) is 13.4. The van der Waals surface area contributed by atoms with Gasteiger partial charge in [0.05, 0.1) is 23.9 Å². The van der Waals surface area contributed by atoms with Gasteiger partial charge >= 0.3 is 5.97 Å². The van der Waals surface area contributed by atoms with Crippen molar-refractivity contribution in [3.63, 3.8) is 0 Å². The molecule has 0 radical (unpaired) electrons. The Kier molecular flexibility index (Phi) is 6.09. The summed E-state index contributed by atoms with van der Waals surface area (Å²) in [5.74, 6) is -0.107. The highest BCUT2D eigenvalue weighted by molar-refractivity contribution is 8.15. The zero-order chi connectivity index (χ0) is 20.1. The molecular formula is C18H18N4O5S. The molecule has 0 spiro atoms. The summed E-state index contributed by atoms with van der Waals surface area (Å²) in [7, 11) is 0. The highest BCUT2D eigenvalue weighted by Gasteiger charge is 2.32. The summed E-state index contributed by atoms with van der Waals surface area (Å²) < 4.78 is 11.0. The van der Waals surface area contributed by atoms with Crippen molar-refractivity contribution in [1.29, 1.82) is 0 Å². The van der Waals surface area contributed by atoms with E-state index in [1.54, 1.807) is 0 Å². The minimum atomic E-state index is -1.04. The number of rotatable bonds is 7. The van der Waals surface area contributed by atoms with Gasteiger partial charge in [-0.05, 0) is 26.0 Å². The predicted molar refractivity (Wildman–Crippen MR) is 104 cm³/mol. The molecule has 10 heteroatoms. The molecular weight excluding hydrogens is 384 g/mol. The summed E-state index contributed by atoms with van der Waals surface area (Å²) in [5, 5.41) is 22.7. The highest BCUT2D eigenvalue weighted by Crippen LogP contribution is 2.23. The van der Waals surface area contributed by atoms with Gasteiger partial charge in [-0.15, -0.1) is 5.10 Å². The van der Waals surface area contributed by atoms with E-state index in [1.807, 2.05) is 38.1 Å². The summed E-state index contributed by atoms with van der Waals surface area (Å²) in [6.07, 6.45) is 1.24. The number of carbonyl (C=O) groups excluding carboxylic acids is 1. The first-order valence-corrected chi connectivity index (χ1v) is 9.26. The zero-order valence-corrected chi connectivity index (χ0v) is 16.0. The van der Waals surface area contributed by atoms with Crippen LogP contribution in [0.15, 0.2) is 39.0 Å². The molecule has 0 aliphatic carbocycles. The highest BCUT2D eigenvalue weighted by atomic mass is 32.2. The van der Waals surface area contributed by atoms with Crippen LogP contribution >= 0.6 is 11.8 Å². The van der Waals surface area contributed by atoms with E-state index < -0.39 is 11.2 Å². The third-order valence-electron chi connectivity index (χ3n) is 3.95. The van der Waals surface area contributed by atoms with E-state index in [0.717, 1.165) is 23.0 Å². The van der Waals surface area contributed by atoms with Crippen molar-refractivity contribution < 1.29 is 24.0 Å². The van der Waals surface area contributed by atoms with E-state index in [-0.39, 0.29) is 17.5 Å². The first-order valence-electron chi connectivity index (χ1n) is 8.38. The van der Waals surface area contributed by atoms with Crippen molar-refractivity contribution >= 4 is 35.0 Å². The molecule has 1 aromatic carbocycles. The van der Waals surface area contributed by atoms with Crippen LogP contribution in [-0.2, 0) is 16.2 Å². The van der Waals surface area contributed by atoms with Gasteiger partial charge in [0.15, 0.2) is 5.17 Å². The number of ether oxygens (including phenoxy) is 1. The van der Waals surface area contributed by atoms with Crippen LogP contribution in [0.5, 0.6) is 5.75 Å². The fraction of sp³-hybridized carbons (Fsp3) is 0.278. The summed E-state index contributed by atoms with van der Waals surface area (Å²) >= 11 is 1.04. The molecule has 0 bridgehead atoms. The van der Waals surface area contributed by atoms with Crippen LogP contribution in [0, 0.1) is 13.8 Å². The van der Waals surface area contributed by atoms with Gasteiger partial charge < -0.3 is 19.7 Å². The van der Waals surface area contributed by atoms with Gasteiger partial charge in [-0.1, -0.05) is 29.1 Å². The minimum absolute atomic E-state index is 0.265. The average molecular weight is 402 g/mol. The maximum atomic E-state index is 11.7. The van der Waals surface area contributed by atoms with Crippen molar-refractivity contribution in [1.82, 2.24) is 10.5 Å². The van der Waals surface area contributed by atoms with E-state index in [0.29, 0.717) is 23.7 Å². The van der Waals surface area contributed by atoms with Crippen LogP contribution < -0.4 is 10.1 Å². The van der Waals surface area contributed by atoms with Crippen molar-refractivity contribution in [3.05, 3.63) is 46.8 Å². The largest absolute Gasteiger partial charge is 0.488 e. The maximum Gasteiger partial charge on any atom is 0.305 e. The fourth-order valence-electron chi connectivity index (χ4n) is 2.47. The molecule has 2 N–H and O–H groups in total. The second-order valence-electron chi connectivity index (χ2n) is 5.97. The number of aryl methyl sites for hydroxylation is 2. The number of nitrogens with one attached hydrogen (secondary N) is 1. The topological polar surface area (TPSA) is 126 Å². The third-order valence-corrected chi connectivity index (χ3v) is 5.03. The summed E-state index contributed by atoms with van der Waals surface area (Å²) in [6, 6.07) is 7.31. The number of carboxylic acids is 1. The molecule has 0 saturated carbocycles. The molecule has 1 saturated heterocycles. The van der Waals surface area contributed by atoms with E-state index >= 15 is 0 Å². The molecule has 2 heterocycles. The monoisotopic (exact) mass is 402 g/mol. The van der Waals surface area contributed by atoms with Crippen LogP contribution in [0.25, 0.3) is 0 Å². The molecule has 9 nitrogen and oxygen atoms in total. The van der Waals surface area contributed by atoms with E-state index in [4.69, 9.17) is 14.4 Å². The normalized spacial score (nSPS) is 18.0. The molecule has 1 amide bonds. The van der Waals surface area contributed by atoms with E-state index in [1.165, 1.54) is 6.21 Å². The molecule has 1 aliphatic heterocycles. The number of thioether (sulfide) groups is 1. The second-order valence-corrected chi connectivity index (χ2v) is 7.16. The lowest BCUT2D eigenvalue weighted by molar-refractivity contribution is -0.138. The standard InChI is InChI=1S/C18H18N4O5S/c1-10-13(11(2)27-22-10)9-26-14-6-4-3-5-12(14)8-19-21-18-20-17(25)15(28-18)7-16(23)24/h3-6,8,15H,7,9H2,1-2H3,(H,23,24)(H,20,21,25). The van der Waals surface area contributed by atoms with Gasteiger partial charge in [0, 0.05) is 5.56 Å². The van der Waals surface area contributed by atoms with Gasteiger partial charge in [0.1, 0.15) is 23.4 Å². The van der Waals surface area contributed by atoms with Crippen LogP contribution in [-0.4, -0.2) is 38.8 Å². The average Bonchev–Trinajstić information content (AvgIpc) is 3.15. The quantitative estimate of drug-likeness (QED) is 0.537. The Labute approximate surface area is 164 Å². The Morgan fingerprint density at radius 1 is 1.43 bits per heavy atom. The van der Waals surface area contributed by atoms with E-state index in [2.05, 4.69) is 20.7 Å². The SMILES string of the molecule is Cc1noc(C)c1COc1ccccc1C=NN=C1NC(=O)C(CC(=O)O)S1. The number of benzene rings is 1. The Balaban J connectivity index is 1.66. The molecule has 2 aromatic rings. The predicted octanol–water partition coefficient (Wildman–Crippen LogP) is 2.27. The maximum absolute atomic E-state index is 11.7. The molecule has 1 fully saturated rings. The number of amides is 1. The third kappa shape index (κ3) is 4.77. The van der Waals surface area contributed by atoms with Crippen molar-refractivity contribution in [2.24, 2.45) is 10.2 Å². The molecule has 3 rings (SSSR count). The van der Waals surface area contributed by atoms with Crippen LogP contribution in [0.4, 0.5) is 0 Å². The van der Waals surface area contributed by atoms with Gasteiger partial charge in [-0.25, -0.2) is 0 Å². The Hall–Kier alpha value is -3.14. The number of aromatic nitrogens is 1. The zero-order valence-electron chi connectivity index (χ0n) is 15.2. The number of aliphatic carboxylic acids is 1. The van der Waals surface area contributed by atoms with Crippen molar-refractivity contribution in [2.75, 3.05) is 0 Å². The van der Waals surface area contributed by atoms with Crippen molar-refractivity contribution in [3.8, 4) is 5.75 Å². The summed E-state index contributed by atoms with van der Waals surface area (Å²) in [4.78, 5) is 22.4. The molecule has 146 valence electrons. The van der Waals surface area contributed by atoms with Crippen LogP contribution in [0.2, 0.25) is 0 Å². The molecule has 1 aliphatic rings. The Bertz CT molecular complexity index is 934. The Morgan fingerprint density at radius 3 is 2.93 bits per heavy atom. The fourth-order valence-corrected chi connectivity index (χ4v) is 3.38. The summed E-state index contributed by atoms with van der Waals surface area (Å²) in [6.45, 7) is 3.99. The lowest BCUT2D eigenvalue weighted by Gasteiger charge is -2.08. The van der Waals surface area contributed by atoms with Gasteiger partial charge in [0.25, 0.3) is 0 Å². The lowest BCUT2D eigenvalue weighted by atomic mass is 10.2. The second kappa shape index (κ2) is 8.70. The molecule has 1 atom stereocenters. The molecule has 1 aromatic heterocycles. The number of para-hydroxylation sites is 1. The van der Waals surface area contributed by atoms with Crippen LogP contribution in [0.1, 0.15) is 29.0 Å². The van der Waals surface area contributed by atoms with Gasteiger partial charge in [-0.3, -0.25) is 9.59 Å². The molecule has 1 unspecified atom stereocenters. The smallest absolute Gasteiger partial charge is 0.305 e.